The molecule has 0 heterocycles. The van der Waals surface area contributed by atoms with Crippen LogP contribution >= 0.6 is 11.8 Å². The largest absolute Gasteiger partial charge is 0.468 e. The first-order chi connectivity index (χ1) is 5.69. The van der Waals surface area contributed by atoms with Gasteiger partial charge in [0.1, 0.15) is 5.54 Å². The molecule has 4 heteroatoms. The molecule has 0 amide bonds. The van der Waals surface area contributed by atoms with E-state index in [1.54, 1.807) is 18.7 Å². The monoisotopic (exact) mass is 205 g/mol. The lowest BCUT2D eigenvalue weighted by atomic mass is 10.1. The summed E-state index contributed by atoms with van der Waals surface area (Å²) in [5.74, 6) is 0.215. The number of nitrogens with two attached hydrogens (primary N) is 1. The Balaban J connectivity index is 4.11. The van der Waals surface area contributed by atoms with Crippen LogP contribution in [0, 0.1) is 0 Å². The third kappa shape index (κ3) is 5.16. The van der Waals surface area contributed by atoms with Gasteiger partial charge in [-0.3, -0.25) is 4.79 Å². The number of thioether (sulfide) groups is 1. The molecule has 0 rings (SSSR count). The predicted octanol–water partition coefficient (Wildman–Crippen LogP) is 1.41. The van der Waals surface area contributed by atoms with E-state index < -0.39 is 5.54 Å². The fraction of sp³-hybridized carbons (Fsp3) is 0.889. The zero-order valence-electron chi connectivity index (χ0n) is 9.01. The molecule has 0 aliphatic carbocycles. The molecule has 0 unspecified atom stereocenters. The van der Waals surface area contributed by atoms with E-state index in [1.165, 1.54) is 7.11 Å². The Morgan fingerprint density at radius 3 is 2.15 bits per heavy atom. The highest BCUT2D eigenvalue weighted by molar-refractivity contribution is 8.00. The van der Waals surface area contributed by atoms with Crippen LogP contribution in [0.3, 0.4) is 0 Å². The van der Waals surface area contributed by atoms with Gasteiger partial charge in [0.05, 0.1) is 7.11 Å². The molecule has 0 aromatic carbocycles. The first kappa shape index (κ1) is 12.8. The average molecular weight is 205 g/mol. The van der Waals surface area contributed by atoms with Gasteiger partial charge < -0.3 is 10.5 Å². The number of carbonyl (C=O) groups excluding carboxylic acids is 1. The van der Waals surface area contributed by atoms with Crippen molar-refractivity contribution >= 4 is 17.7 Å². The number of methoxy groups -OCH3 is 1. The molecule has 1 atom stereocenters. The lowest BCUT2D eigenvalue weighted by molar-refractivity contribution is -0.145. The van der Waals surface area contributed by atoms with Crippen molar-refractivity contribution in [3.63, 3.8) is 0 Å². The van der Waals surface area contributed by atoms with Gasteiger partial charge in [-0.1, -0.05) is 20.8 Å². The summed E-state index contributed by atoms with van der Waals surface area (Å²) in [6.07, 6.45) is 0. The Morgan fingerprint density at radius 2 is 1.85 bits per heavy atom. The van der Waals surface area contributed by atoms with Crippen LogP contribution < -0.4 is 5.73 Å². The maximum atomic E-state index is 11.2. The first-order valence-electron chi connectivity index (χ1n) is 4.20. The number of rotatable bonds is 3. The molecule has 0 fully saturated rings. The van der Waals surface area contributed by atoms with E-state index in [0.717, 1.165) is 0 Å². The third-order valence-corrected chi connectivity index (χ3v) is 3.07. The summed E-state index contributed by atoms with van der Waals surface area (Å²) in [6.45, 7) is 7.96. The topological polar surface area (TPSA) is 52.3 Å². The van der Waals surface area contributed by atoms with Crippen molar-refractivity contribution in [2.45, 2.75) is 38.0 Å². The van der Waals surface area contributed by atoms with Crippen LogP contribution in [0.5, 0.6) is 0 Å². The highest BCUT2D eigenvalue weighted by Crippen LogP contribution is 2.26. The molecule has 0 saturated heterocycles. The molecule has 78 valence electrons. The molecule has 0 aromatic heterocycles. The van der Waals surface area contributed by atoms with Crippen molar-refractivity contribution < 1.29 is 9.53 Å². The highest BCUT2D eigenvalue weighted by atomic mass is 32.2. The van der Waals surface area contributed by atoms with Crippen LogP contribution in [-0.4, -0.2) is 29.1 Å². The summed E-state index contributed by atoms with van der Waals surface area (Å²) in [6, 6.07) is 0. The van der Waals surface area contributed by atoms with E-state index in [9.17, 15) is 4.79 Å². The van der Waals surface area contributed by atoms with Crippen molar-refractivity contribution in [1.29, 1.82) is 0 Å². The number of ether oxygens (including phenoxy) is 1. The lowest BCUT2D eigenvalue weighted by Gasteiger charge is -2.25. The van der Waals surface area contributed by atoms with Gasteiger partial charge in [-0.15, -0.1) is 0 Å². The quantitative estimate of drug-likeness (QED) is 0.708. The van der Waals surface area contributed by atoms with Crippen LogP contribution in [0.2, 0.25) is 0 Å². The van der Waals surface area contributed by atoms with Gasteiger partial charge in [-0.2, -0.15) is 11.8 Å². The molecule has 0 aliphatic heterocycles. The van der Waals surface area contributed by atoms with Gasteiger partial charge in [0.25, 0.3) is 0 Å². The molecule has 0 aromatic rings. The van der Waals surface area contributed by atoms with Gasteiger partial charge in [0, 0.05) is 10.5 Å². The van der Waals surface area contributed by atoms with Crippen LogP contribution in [-0.2, 0) is 9.53 Å². The van der Waals surface area contributed by atoms with Gasteiger partial charge in [0.15, 0.2) is 0 Å². The second-order valence-corrected chi connectivity index (χ2v) is 6.11. The third-order valence-electron chi connectivity index (χ3n) is 1.46. The Kier molecular flexibility index (Phi) is 4.26. The Hall–Kier alpha value is -0.220. The number of hydrogen-bond acceptors (Lipinski definition) is 4. The van der Waals surface area contributed by atoms with Crippen molar-refractivity contribution in [3.05, 3.63) is 0 Å². The summed E-state index contributed by atoms with van der Waals surface area (Å²) in [5.41, 5.74) is 4.90. The van der Waals surface area contributed by atoms with Crippen molar-refractivity contribution in [3.8, 4) is 0 Å². The number of carbonyl (C=O) groups is 1. The van der Waals surface area contributed by atoms with Crippen molar-refractivity contribution in [2.24, 2.45) is 5.73 Å². The molecular formula is C9H19NO2S. The highest BCUT2D eigenvalue weighted by Gasteiger charge is 2.31. The van der Waals surface area contributed by atoms with Crippen molar-refractivity contribution in [1.82, 2.24) is 0 Å². The second kappa shape index (κ2) is 4.33. The van der Waals surface area contributed by atoms with E-state index >= 15 is 0 Å². The summed E-state index contributed by atoms with van der Waals surface area (Å²) in [5, 5.41) is 0. The van der Waals surface area contributed by atoms with Crippen LogP contribution in [0.4, 0.5) is 0 Å². The zero-order chi connectivity index (χ0) is 10.7. The van der Waals surface area contributed by atoms with Crippen LogP contribution in [0.1, 0.15) is 27.7 Å². The fourth-order valence-corrected chi connectivity index (χ4v) is 1.51. The summed E-state index contributed by atoms with van der Waals surface area (Å²) >= 11 is 1.66. The summed E-state index contributed by atoms with van der Waals surface area (Å²) in [4.78, 5) is 11.2. The second-order valence-electron chi connectivity index (χ2n) is 4.31. The standard InChI is InChI=1S/C9H19NO2S/c1-8(2,3)13-6-9(4,10)7(11)12-5/h6,10H2,1-5H3/t9-/m0/s1. The average Bonchev–Trinajstić information content (AvgIpc) is 1.98. The molecule has 3 nitrogen and oxygen atoms in total. The van der Waals surface area contributed by atoms with E-state index in [1.807, 2.05) is 0 Å². The molecule has 0 radical (unpaired) electrons. The fourth-order valence-electron chi connectivity index (χ4n) is 0.659. The zero-order valence-corrected chi connectivity index (χ0v) is 9.83. The number of esters is 1. The van der Waals surface area contributed by atoms with E-state index in [0.29, 0.717) is 5.75 Å². The van der Waals surface area contributed by atoms with Gasteiger partial charge >= 0.3 is 5.97 Å². The molecule has 0 spiro atoms. The SMILES string of the molecule is COC(=O)[C@@](C)(N)CSC(C)(C)C. The maximum Gasteiger partial charge on any atom is 0.326 e. The molecule has 0 saturated carbocycles. The minimum Gasteiger partial charge on any atom is -0.468 e. The Bertz CT molecular complexity index is 185. The Labute approximate surface area is 84.4 Å². The maximum absolute atomic E-state index is 11.2. The first-order valence-corrected chi connectivity index (χ1v) is 5.19. The van der Waals surface area contributed by atoms with Gasteiger partial charge in [0.2, 0.25) is 0 Å². The van der Waals surface area contributed by atoms with E-state index in [4.69, 9.17) is 5.73 Å². The lowest BCUT2D eigenvalue weighted by Crippen LogP contribution is -2.48. The normalized spacial score (nSPS) is 16.5. The number of hydrogen-bond donors (Lipinski definition) is 1. The van der Waals surface area contributed by atoms with E-state index in [2.05, 4.69) is 25.5 Å². The van der Waals surface area contributed by atoms with Gasteiger partial charge in [-0.25, -0.2) is 0 Å². The minimum atomic E-state index is -0.882. The molecule has 0 bridgehead atoms. The Morgan fingerprint density at radius 1 is 1.38 bits per heavy atom. The molecular weight excluding hydrogens is 186 g/mol. The van der Waals surface area contributed by atoms with Gasteiger partial charge in [-0.05, 0) is 6.92 Å². The summed E-state index contributed by atoms with van der Waals surface area (Å²) in [7, 11) is 1.36. The predicted molar refractivity (Wildman–Crippen MR) is 56.8 cm³/mol. The summed E-state index contributed by atoms with van der Waals surface area (Å²) < 4.78 is 4.72. The molecule has 0 aliphatic rings. The van der Waals surface area contributed by atoms with Crippen molar-refractivity contribution in [2.75, 3.05) is 12.9 Å². The molecule has 13 heavy (non-hydrogen) atoms. The minimum absolute atomic E-state index is 0.120. The molecule has 2 N–H and O–H groups in total. The smallest absolute Gasteiger partial charge is 0.326 e. The van der Waals surface area contributed by atoms with Crippen LogP contribution in [0.15, 0.2) is 0 Å². The van der Waals surface area contributed by atoms with E-state index in [-0.39, 0.29) is 10.7 Å². The van der Waals surface area contributed by atoms with Crippen LogP contribution in [0.25, 0.3) is 0 Å².